The second kappa shape index (κ2) is 13.7. The molecule has 0 saturated heterocycles. The Bertz CT molecular complexity index is 2240. The minimum atomic E-state index is 0.0860. The zero-order valence-corrected chi connectivity index (χ0v) is 30.2. The van der Waals surface area contributed by atoms with Crippen LogP contribution in [0.2, 0.25) is 0 Å². The third-order valence-corrected chi connectivity index (χ3v) is 9.29. The fraction of sp³-hybridized carbons (Fsp3) is 0.182. The average Bonchev–Trinajstić information content (AvgIpc) is 3.92. The molecule has 0 aliphatic rings. The van der Waals surface area contributed by atoms with Crippen molar-refractivity contribution < 1.29 is 8.83 Å². The molecule has 3 aromatic heterocycles. The number of nitrogens with zero attached hydrogens (tertiary/aromatic N) is 4. The lowest BCUT2D eigenvalue weighted by Gasteiger charge is -2.18. The lowest BCUT2D eigenvalue weighted by Crippen LogP contribution is -2.10. The molecule has 0 bridgehead atoms. The highest BCUT2D eigenvalue weighted by Crippen LogP contribution is 2.29. The Morgan fingerprint density at radius 2 is 0.686 bits per heavy atom. The van der Waals surface area contributed by atoms with E-state index in [1.54, 1.807) is 11.3 Å². The van der Waals surface area contributed by atoms with Crippen LogP contribution in [0, 0.1) is 23.7 Å². The molecule has 3 heterocycles. The van der Waals surface area contributed by atoms with Crippen LogP contribution in [0.3, 0.4) is 0 Å². The number of aromatic nitrogens is 4. The summed E-state index contributed by atoms with van der Waals surface area (Å²) in [6.07, 6.45) is 0. The molecule has 4 aromatic carbocycles. The van der Waals surface area contributed by atoms with Crippen molar-refractivity contribution in [2.45, 2.75) is 52.4 Å². The molecular weight excluding hydrogens is 649 g/mol. The average molecular weight is 685 g/mol. The monoisotopic (exact) mass is 684 g/mol. The van der Waals surface area contributed by atoms with E-state index >= 15 is 0 Å². The van der Waals surface area contributed by atoms with Gasteiger partial charge in [0, 0.05) is 33.4 Å². The van der Waals surface area contributed by atoms with Crippen LogP contribution in [0.15, 0.2) is 118 Å². The number of hydrogen-bond acceptors (Lipinski definition) is 7. The zero-order valence-electron chi connectivity index (χ0n) is 29.4. The van der Waals surface area contributed by atoms with Gasteiger partial charge in [-0.1, -0.05) is 89.5 Å². The van der Waals surface area contributed by atoms with Gasteiger partial charge in [0.25, 0.3) is 0 Å². The molecule has 7 aromatic rings. The van der Waals surface area contributed by atoms with E-state index in [4.69, 9.17) is 8.83 Å². The molecule has 0 atom stereocenters. The van der Waals surface area contributed by atoms with Crippen LogP contribution in [0.1, 0.15) is 73.6 Å². The highest BCUT2D eigenvalue weighted by molar-refractivity contribution is 7.13. The molecule has 0 spiro atoms. The van der Waals surface area contributed by atoms with Gasteiger partial charge in [-0.3, -0.25) is 0 Å². The Morgan fingerprint density at radius 3 is 0.980 bits per heavy atom. The minimum Gasteiger partial charge on any atom is -0.416 e. The third-order valence-electron chi connectivity index (χ3n) is 8.38. The van der Waals surface area contributed by atoms with Crippen LogP contribution in [0.4, 0.5) is 0 Å². The van der Waals surface area contributed by atoms with Crippen molar-refractivity contribution in [2.24, 2.45) is 0 Å². The van der Waals surface area contributed by atoms with Gasteiger partial charge in [-0.2, -0.15) is 0 Å². The topological polar surface area (TPSA) is 77.8 Å². The molecule has 7 heteroatoms. The van der Waals surface area contributed by atoms with Crippen LogP contribution in [-0.2, 0) is 10.8 Å². The van der Waals surface area contributed by atoms with Crippen molar-refractivity contribution >= 4 is 11.3 Å². The Balaban J connectivity index is 0.961. The molecule has 0 aliphatic heterocycles. The number of hydrogen-bond donors (Lipinski definition) is 0. The second-order valence-electron chi connectivity index (χ2n) is 14.3. The van der Waals surface area contributed by atoms with Gasteiger partial charge < -0.3 is 8.83 Å². The van der Waals surface area contributed by atoms with Gasteiger partial charge in [-0.25, -0.2) is 0 Å². The molecule has 0 amide bonds. The van der Waals surface area contributed by atoms with Crippen LogP contribution < -0.4 is 0 Å². The van der Waals surface area contributed by atoms with Crippen LogP contribution in [-0.4, -0.2) is 20.4 Å². The Kier molecular flexibility index (Phi) is 9.00. The van der Waals surface area contributed by atoms with Gasteiger partial charge in [-0.05, 0) is 107 Å². The standard InChI is InChI=1S/C44H36N4O2S/c1-43(2,3)35-21-17-33(18-22-35)41-47-45-39(49-41)31-13-7-29(8-14-31)11-25-37-27-28-38(51-37)26-12-30-9-15-32(16-10-30)40-46-48-42(50-40)34-19-23-36(24-20-34)44(4,5)6/h7-10,13-24,27-28H,1-6H3. The van der Waals surface area contributed by atoms with E-state index in [2.05, 4.69) is 110 Å². The smallest absolute Gasteiger partial charge is 0.248 e. The van der Waals surface area contributed by atoms with Gasteiger partial charge in [0.2, 0.25) is 23.6 Å². The molecule has 0 N–H and O–H groups in total. The Labute approximate surface area is 302 Å². The van der Waals surface area contributed by atoms with Crippen LogP contribution >= 0.6 is 11.3 Å². The molecular formula is C44H36N4O2S. The van der Waals surface area contributed by atoms with Crippen molar-refractivity contribution in [3.8, 4) is 69.5 Å². The summed E-state index contributed by atoms with van der Waals surface area (Å²) < 4.78 is 12.0. The predicted molar refractivity (Wildman–Crippen MR) is 204 cm³/mol. The molecule has 0 fully saturated rings. The molecule has 250 valence electrons. The molecule has 0 radical (unpaired) electrons. The summed E-state index contributed by atoms with van der Waals surface area (Å²) in [6.45, 7) is 13.2. The molecule has 0 saturated carbocycles. The SMILES string of the molecule is CC(C)(C)c1ccc(-c2nnc(-c3ccc(C#Cc4ccc(C#Cc5ccc(-c6nnc(-c7ccc(C(C)(C)C)cc7)o6)cc5)s4)cc3)o2)cc1. The fourth-order valence-corrected chi connectivity index (χ4v) is 5.98. The fourth-order valence-electron chi connectivity index (χ4n) is 5.27. The Morgan fingerprint density at radius 1 is 0.392 bits per heavy atom. The van der Waals surface area contributed by atoms with Crippen molar-refractivity contribution in [2.75, 3.05) is 0 Å². The van der Waals surface area contributed by atoms with Crippen molar-refractivity contribution in [3.63, 3.8) is 0 Å². The van der Waals surface area contributed by atoms with E-state index in [-0.39, 0.29) is 10.8 Å². The number of benzene rings is 4. The summed E-state index contributed by atoms with van der Waals surface area (Å²) >= 11 is 1.56. The first-order chi connectivity index (χ1) is 24.5. The number of thiophene rings is 1. The van der Waals surface area contributed by atoms with Crippen LogP contribution in [0.25, 0.3) is 45.8 Å². The normalized spacial score (nSPS) is 11.4. The van der Waals surface area contributed by atoms with Gasteiger partial charge in [-0.15, -0.1) is 31.7 Å². The largest absolute Gasteiger partial charge is 0.416 e. The summed E-state index contributed by atoms with van der Waals surface area (Å²) in [5, 5.41) is 17.0. The summed E-state index contributed by atoms with van der Waals surface area (Å²) in [7, 11) is 0. The first-order valence-electron chi connectivity index (χ1n) is 16.7. The summed E-state index contributed by atoms with van der Waals surface area (Å²) in [5.74, 6) is 14.9. The van der Waals surface area contributed by atoms with Crippen molar-refractivity contribution in [3.05, 3.63) is 141 Å². The van der Waals surface area contributed by atoms with Crippen molar-refractivity contribution in [1.82, 2.24) is 20.4 Å². The molecule has 0 unspecified atom stereocenters. The van der Waals surface area contributed by atoms with Crippen molar-refractivity contribution in [1.29, 1.82) is 0 Å². The lowest BCUT2D eigenvalue weighted by molar-refractivity contribution is 0.582. The summed E-state index contributed by atoms with van der Waals surface area (Å²) in [6, 6.07) is 36.2. The van der Waals surface area contributed by atoms with E-state index in [0.717, 1.165) is 43.1 Å². The summed E-state index contributed by atoms with van der Waals surface area (Å²) in [5.41, 5.74) is 7.95. The predicted octanol–water partition coefficient (Wildman–Crippen LogP) is 10.6. The van der Waals surface area contributed by atoms with Gasteiger partial charge in [0.05, 0.1) is 9.75 Å². The first kappa shape index (κ1) is 33.5. The van der Waals surface area contributed by atoms with Gasteiger partial charge in [0.15, 0.2) is 0 Å². The minimum absolute atomic E-state index is 0.0860. The van der Waals surface area contributed by atoms with E-state index in [9.17, 15) is 0 Å². The summed E-state index contributed by atoms with van der Waals surface area (Å²) in [4.78, 5) is 1.89. The van der Waals surface area contributed by atoms with Gasteiger partial charge >= 0.3 is 0 Å². The maximum atomic E-state index is 5.98. The Hall–Kier alpha value is -6.02. The molecule has 0 aliphatic carbocycles. The number of rotatable bonds is 4. The first-order valence-corrected chi connectivity index (χ1v) is 17.5. The maximum Gasteiger partial charge on any atom is 0.248 e. The molecule has 51 heavy (non-hydrogen) atoms. The van der Waals surface area contributed by atoms with Crippen LogP contribution in [0.5, 0.6) is 0 Å². The van der Waals surface area contributed by atoms with E-state index in [1.807, 2.05) is 84.9 Å². The van der Waals surface area contributed by atoms with Gasteiger partial charge in [0.1, 0.15) is 0 Å². The molecule has 6 nitrogen and oxygen atoms in total. The zero-order chi connectivity index (χ0) is 35.6. The van der Waals surface area contributed by atoms with E-state index in [0.29, 0.717) is 23.6 Å². The third kappa shape index (κ3) is 7.91. The van der Waals surface area contributed by atoms with E-state index in [1.165, 1.54) is 11.1 Å². The quantitative estimate of drug-likeness (QED) is 0.172. The second-order valence-corrected chi connectivity index (χ2v) is 15.4. The highest BCUT2D eigenvalue weighted by atomic mass is 32.1. The lowest BCUT2D eigenvalue weighted by atomic mass is 9.87. The maximum absolute atomic E-state index is 5.98. The molecule has 7 rings (SSSR count). The highest BCUT2D eigenvalue weighted by Gasteiger charge is 2.17. The van der Waals surface area contributed by atoms with E-state index < -0.39 is 0 Å².